The molecule has 43 heavy (non-hydrogen) atoms. The van der Waals surface area contributed by atoms with Gasteiger partial charge in [-0.1, -0.05) is 32.0 Å². The molecule has 13 heteroatoms. The molecule has 0 spiro atoms. The van der Waals surface area contributed by atoms with Gasteiger partial charge >= 0.3 is 17.8 Å². The Morgan fingerprint density at radius 3 is 2.35 bits per heavy atom. The number of benzene rings is 2. The molecule has 0 unspecified atom stereocenters. The van der Waals surface area contributed by atoms with Crippen molar-refractivity contribution in [2.75, 3.05) is 6.61 Å². The highest BCUT2D eigenvalue weighted by atomic mass is 19.4. The van der Waals surface area contributed by atoms with Crippen molar-refractivity contribution >= 4 is 5.97 Å². The second-order valence-corrected chi connectivity index (χ2v) is 10.7. The van der Waals surface area contributed by atoms with Crippen LogP contribution in [0.4, 0.5) is 22.0 Å². The van der Waals surface area contributed by atoms with E-state index in [0.29, 0.717) is 18.9 Å². The van der Waals surface area contributed by atoms with Gasteiger partial charge in [-0.05, 0) is 50.3 Å². The maximum absolute atomic E-state index is 15.8. The van der Waals surface area contributed by atoms with Crippen molar-refractivity contribution in [3.8, 4) is 16.9 Å². The van der Waals surface area contributed by atoms with Crippen molar-refractivity contribution in [3.63, 3.8) is 0 Å². The highest BCUT2D eigenvalue weighted by Gasteiger charge is 2.35. The monoisotopic (exact) mass is 611 g/mol. The lowest BCUT2D eigenvalue weighted by molar-refractivity contribution is -0.139. The van der Waals surface area contributed by atoms with E-state index in [9.17, 15) is 31.9 Å². The van der Waals surface area contributed by atoms with Gasteiger partial charge in [-0.2, -0.15) is 13.2 Å². The fourth-order valence-corrected chi connectivity index (χ4v) is 4.89. The highest BCUT2D eigenvalue weighted by molar-refractivity contribution is 5.68. The third kappa shape index (κ3) is 8.09. The number of nitrogens with two attached hydrogens (primary N) is 1. The Labute approximate surface area is 244 Å². The fourth-order valence-electron chi connectivity index (χ4n) is 4.89. The second kappa shape index (κ2) is 14.0. The van der Waals surface area contributed by atoms with E-state index in [4.69, 9.17) is 15.6 Å². The number of aliphatic carboxylic acids is 1. The standard InChI is InChI=1S/C30H34F5N3O5/c1-17(2)14-19(36)15-38-28(41)26(20-8-6-11-24(27(20)32)43-13-5-4-12-25(39)40)18(3)37(29(38)42)16-21-22(30(33,34)35)9-7-10-23(21)31/h6-11,17,19H,4-5,12-16,36H2,1-3H3,(H,39,40)/t19-/m1/s1. The first-order chi connectivity index (χ1) is 20.1. The van der Waals surface area contributed by atoms with Gasteiger partial charge in [0.15, 0.2) is 11.6 Å². The van der Waals surface area contributed by atoms with E-state index in [0.717, 1.165) is 21.3 Å². The van der Waals surface area contributed by atoms with Crippen LogP contribution in [-0.2, 0) is 24.1 Å². The largest absolute Gasteiger partial charge is 0.490 e. The summed E-state index contributed by atoms with van der Waals surface area (Å²) in [7, 11) is 0. The van der Waals surface area contributed by atoms with Gasteiger partial charge < -0.3 is 15.6 Å². The summed E-state index contributed by atoms with van der Waals surface area (Å²) < 4.78 is 79.0. The molecule has 3 N–H and O–H groups in total. The predicted octanol–water partition coefficient (Wildman–Crippen LogP) is 5.34. The quantitative estimate of drug-likeness (QED) is 0.199. The molecule has 0 saturated heterocycles. The summed E-state index contributed by atoms with van der Waals surface area (Å²) in [6.45, 7) is 3.80. The molecule has 0 aliphatic carbocycles. The Morgan fingerprint density at radius 1 is 1.05 bits per heavy atom. The zero-order valence-electron chi connectivity index (χ0n) is 24.0. The number of halogens is 5. The molecule has 0 fully saturated rings. The average molecular weight is 612 g/mol. The number of alkyl halides is 3. The number of carboxylic acids is 1. The van der Waals surface area contributed by atoms with Crippen LogP contribution in [0.15, 0.2) is 46.0 Å². The van der Waals surface area contributed by atoms with Gasteiger partial charge in [-0.25, -0.2) is 13.6 Å². The first-order valence-corrected chi connectivity index (χ1v) is 13.7. The predicted molar refractivity (Wildman–Crippen MR) is 150 cm³/mol. The molecule has 0 aliphatic heterocycles. The minimum absolute atomic E-state index is 0.0199. The number of nitrogens with zero attached hydrogens (tertiary/aromatic N) is 2. The minimum Gasteiger partial charge on any atom is -0.490 e. The van der Waals surface area contributed by atoms with Gasteiger partial charge in [0.25, 0.3) is 5.56 Å². The van der Waals surface area contributed by atoms with E-state index in [-0.39, 0.29) is 54.5 Å². The molecule has 3 aromatic rings. The van der Waals surface area contributed by atoms with Crippen molar-refractivity contribution in [3.05, 3.63) is 85.7 Å². The van der Waals surface area contributed by atoms with Crippen LogP contribution in [0.3, 0.4) is 0 Å². The molecule has 0 bridgehead atoms. The first kappa shape index (κ1) is 33.5. The fraction of sp³-hybridized carbons (Fsp3) is 0.433. The lowest BCUT2D eigenvalue weighted by Gasteiger charge is -2.22. The first-order valence-electron chi connectivity index (χ1n) is 13.7. The van der Waals surface area contributed by atoms with E-state index >= 15 is 4.39 Å². The number of unbranched alkanes of at least 4 members (excludes halogenated alkanes) is 1. The Morgan fingerprint density at radius 2 is 1.72 bits per heavy atom. The normalized spacial score (nSPS) is 12.5. The van der Waals surface area contributed by atoms with Gasteiger partial charge in [-0.15, -0.1) is 0 Å². The SMILES string of the molecule is Cc1c(-c2cccc(OCCCCC(=O)O)c2F)c(=O)n(C[C@H](N)CC(C)C)c(=O)n1Cc1c(F)cccc1C(F)(F)F. The molecule has 3 rings (SSSR count). The lowest BCUT2D eigenvalue weighted by Crippen LogP contribution is -2.46. The van der Waals surface area contributed by atoms with Crippen LogP contribution in [0.5, 0.6) is 5.75 Å². The summed E-state index contributed by atoms with van der Waals surface area (Å²) in [4.78, 5) is 38.0. The third-order valence-electron chi connectivity index (χ3n) is 6.89. The van der Waals surface area contributed by atoms with Gasteiger partial charge in [0, 0.05) is 35.8 Å². The smallest absolute Gasteiger partial charge is 0.416 e. The summed E-state index contributed by atoms with van der Waals surface area (Å²) >= 11 is 0. The zero-order chi connectivity index (χ0) is 32.1. The van der Waals surface area contributed by atoms with Crippen LogP contribution in [0, 0.1) is 24.5 Å². The van der Waals surface area contributed by atoms with Gasteiger partial charge in [0.05, 0.1) is 24.3 Å². The molecule has 8 nitrogen and oxygen atoms in total. The Hall–Kier alpha value is -4.00. The molecule has 1 aromatic heterocycles. The molecule has 0 amide bonds. The molecule has 1 atom stereocenters. The summed E-state index contributed by atoms with van der Waals surface area (Å²) in [6, 6.07) is 5.67. The van der Waals surface area contributed by atoms with E-state index in [2.05, 4.69) is 0 Å². The Bertz CT molecular complexity index is 1580. The molecule has 0 radical (unpaired) electrons. The molecule has 0 saturated carbocycles. The van der Waals surface area contributed by atoms with Crippen LogP contribution in [0.1, 0.15) is 56.4 Å². The lowest BCUT2D eigenvalue weighted by atomic mass is 10.0. The Kier molecular flexibility index (Phi) is 10.9. The zero-order valence-corrected chi connectivity index (χ0v) is 24.0. The number of carbonyl (C=O) groups is 1. The topological polar surface area (TPSA) is 117 Å². The molecule has 234 valence electrons. The molecule has 0 aliphatic rings. The summed E-state index contributed by atoms with van der Waals surface area (Å²) in [6.07, 6.45) is -4.03. The van der Waals surface area contributed by atoms with Crippen molar-refractivity contribution in [2.45, 2.75) is 71.8 Å². The molecular weight excluding hydrogens is 577 g/mol. The number of aromatic nitrogens is 2. The number of hydrogen-bond donors (Lipinski definition) is 2. The van der Waals surface area contributed by atoms with Crippen LogP contribution in [-0.4, -0.2) is 32.9 Å². The number of carboxylic acid groups (broad SMARTS) is 1. The van der Waals surface area contributed by atoms with Crippen molar-refractivity contribution in [1.29, 1.82) is 0 Å². The van der Waals surface area contributed by atoms with Crippen molar-refractivity contribution in [1.82, 2.24) is 9.13 Å². The summed E-state index contributed by atoms with van der Waals surface area (Å²) in [5.74, 6) is -3.32. The third-order valence-corrected chi connectivity index (χ3v) is 6.89. The highest BCUT2D eigenvalue weighted by Crippen LogP contribution is 2.34. The minimum atomic E-state index is -4.94. The van der Waals surface area contributed by atoms with Gasteiger partial charge in [0.2, 0.25) is 0 Å². The number of hydrogen-bond acceptors (Lipinski definition) is 5. The number of rotatable bonds is 13. The molecular formula is C30H34F5N3O5. The van der Waals surface area contributed by atoms with E-state index < -0.39 is 58.7 Å². The summed E-state index contributed by atoms with van der Waals surface area (Å²) in [5, 5.41) is 8.77. The maximum Gasteiger partial charge on any atom is 0.416 e. The van der Waals surface area contributed by atoms with Crippen molar-refractivity contribution in [2.24, 2.45) is 11.7 Å². The van der Waals surface area contributed by atoms with Crippen LogP contribution >= 0.6 is 0 Å². The van der Waals surface area contributed by atoms with Crippen molar-refractivity contribution < 1.29 is 36.6 Å². The van der Waals surface area contributed by atoms with Gasteiger partial charge in [-0.3, -0.25) is 18.7 Å². The van der Waals surface area contributed by atoms with E-state index in [1.54, 1.807) is 0 Å². The molecule has 2 aromatic carbocycles. The van der Waals surface area contributed by atoms with Crippen LogP contribution in [0.25, 0.3) is 11.1 Å². The van der Waals surface area contributed by atoms with Crippen LogP contribution < -0.4 is 21.7 Å². The van der Waals surface area contributed by atoms with Gasteiger partial charge in [0.1, 0.15) is 5.82 Å². The van der Waals surface area contributed by atoms with Crippen LogP contribution in [0.2, 0.25) is 0 Å². The maximum atomic E-state index is 15.8. The Balaban J connectivity index is 2.20. The summed E-state index contributed by atoms with van der Waals surface area (Å²) in [5.41, 5.74) is 1.35. The van der Waals surface area contributed by atoms with E-state index in [1.807, 2.05) is 13.8 Å². The number of ether oxygens (including phenoxy) is 1. The van der Waals surface area contributed by atoms with E-state index in [1.165, 1.54) is 25.1 Å². The second-order valence-electron chi connectivity index (χ2n) is 10.7. The average Bonchev–Trinajstić information content (AvgIpc) is 2.90. The molecule has 1 heterocycles.